The maximum atomic E-state index is 9.55. The van der Waals surface area contributed by atoms with Crippen molar-refractivity contribution < 1.29 is 28.2 Å². The molecule has 0 rings (SSSR count). The van der Waals surface area contributed by atoms with E-state index in [4.69, 9.17) is 10.2 Å². The second kappa shape index (κ2) is 6.14. The van der Waals surface area contributed by atoms with Crippen LogP contribution in [-0.2, 0) is 19.6 Å². The molecule has 0 aliphatic heterocycles. The van der Waals surface area contributed by atoms with Crippen LogP contribution in [0.2, 0.25) is 0 Å². The summed E-state index contributed by atoms with van der Waals surface area (Å²) in [5, 5.41) is 20.0. The van der Waals surface area contributed by atoms with Crippen LogP contribution >= 0.6 is 0 Å². The Hall–Kier alpha value is -1.41. The van der Waals surface area contributed by atoms with Crippen LogP contribution in [0.5, 0.6) is 0 Å². The average Bonchev–Trinajstić information content (AvgIpc) is 1.79. The molecule has 0 bridgehead atoms. The van der Waals surface area contributed by atoms with E-state index in [0.717, 1.165) is 6.26 Å². The molecule has 0 radical (unpaired) electrons. The van der Waals surface area contributed by atoms with E-state index in [9.17, 15) is 18.0 Å². The van der Waals surface area contributed by atoms with Crippen molar-refractivity contribution in [3.8, 4) is 0 Å². The predicted molar refractivity (Wildman–Crippen MR) is 43.4 cm³/mol. The van der Waals surface area contributed by atoms with E-state index in [1.807, 2.05) is 0 Å². The van der Waals surface area contributed by atoms with E-state index < -0.39 is 22.0 Å². The van der Waals surface area contributed by atoms with Crippen molar-refractivity contribution in [3.63, 3.8) is 0 Å². The Morgan fingerprint density at radius 3 is 1.38 bits per heavy atom. The molecule has 0 aromatic heterocycles. The lowest BCUT2D eigenvalue weighted by atomic mass is 10.5. The third-order valence-electron chi connectivity index (χ3n) is 0.368. The first-order chi connectivity index (χ1) is 5.63. The molecule has 8 heteroatoms. The van der Waals surface area contributed by atoms with Crippen LogP contribution < -0.4 is 5.14 Å². The third kappa shape index (κ3) is 60.6. The summed E-state index contributed by atoms with van der Waals surface area (Å²) in [6.45, 7) is 0. The van der Waals surface area contributed by atoms with Crippen LogP contribution in [-0.4, -0.2) is 36.8 Å². The molecule has 0 heterocycles. The average molecular weight is 211 g/mol. The van der Waals surface area contributed by atoms with Gasteiger partial charge >= 0.3 is 11.9 Å². The molecule has 0 aliphatic rings. The van der Waals surface area contributed by atoms with Gasteiger partial charge in [-0.3, -0.25) is 0 Å². The van der Waals surface area contributed by atoms with E-state index in [1.54, 1.807) is 0 Å². The van der Waals surface area contributed by atoms with Crippen LogP contribution in [0.4, 0.5) is 0 Å². The van der Waals surface area contributed by atoms with Crippen molar-refractivity contribution in [2.45, 2.75) is 0 Å². The highest BCUT2D eigenvalue weighted by molar-refractivity contribution is 7.88. The normalized spacial score (nSPS) is 10.3. The van der Waals surface area contributed by atoms with Gasteiger partial charge < -0.3 is 10.2 Å². The van der Waals surface area contributed by atoms with Crippen LogP contribution in [0, 0.1) is 0 Å². The van der Waals surface area contributed by atoms with Crippen LogP contribution in [0.1, 0.15) is 0 Å². The lowest BCUT2D eigenvalue weighted by Crippen LogP contribution is -2.07. The van der Waals surface area contributed by atoms with Crippen molar-refractivity contribution in [1.82, 2.24) is 0 Å². The number of carboxylic acid groups (broad SMARTS) is 2. The summed E-state index contributed by atoms with van der Waals surface area (Å²) in [7, 11) is -3.17. The van der Waals surface area contributed by atoms with Crippen LogP contribution in [0.3, 0.4) is 0 Å². The molecule has 0 unspecified atom stereocenters. The summed E-state index contributed by atoms with van der Waals surface area (Å²) >= 11 is 0. The number of hydrogen-bond donors (Lipinski definition) is 3. The molecule has 0 aromatic rings. The summed E-state index contributed by atoms with van der Waals surface area (Å²) < 4.78 is 18.8. The van der Waals surface area contributed by atoms with Crippen LogP contribution in [0.25, 0.3) is 0 Å². The molecule has 7 nitrogen and oxygen atoms in total. The molecule has 0 amide bonds. The van der Waals surface area contributed by atoms with Gasteiger partial charge in [0.25, 0.3) is 0 Å². The minimum absolute atomic E-state index is 0.558. The zero-order chi connectivity index (χ0) is 11.1. The van der Waals surface area contributed by atoms with Crippen molar-refractivity contribution in [1.29, 1.82) is 0 Å². The van der Waals surface area contributed by atoms with E-state index in [0.29, 0.717) is 12.2 Å². The zero-order valence-electron chi connectivity index (χ0n) is 6.67. The van der Waals surface area contributed by atoms with Crippen molar-refractivity contribution in [2.75, 3.05) is 6.26 Å². The Bertz CT molecular complexity index is 279. The Balaban J connectivity index is 0. The van der Waals surface area contributed by atoms with E-state index >= 15 is 0 Å². The SMILES string of the molecule is CS(N)(=O)=O.O=C(O)/C=C/C(=O)O. The highest BCUT2D eigenvalue weighted by Gasteiger charge is 1.88. The number of aliphatic carboxylic acids is 2. The molecule has 0 saturated heterocycles. The topological polar surface area (TPSA) is 135 Å². The monoisotopic (exact) mass is 211 g/mol. The standard InChI is InChI=1S/C4H4O4.CH5NO2S/c5-3(6)1-2-4(7)8;1-5(2,3)4/h1-2H,(H,5,6)(H,7,8);1H3,(H2,2,3,4)/b2-1+;. The molecule has 13 heavy (non-hydrogen) atoms. The van der Waals surface area contributed by atoms with Crippen molar-refractivity contribution in [2.24, 2.45) is 5.14 Å². The summed E-state index contributed by atoms with van der Waals surface area (Å²) in [4.78, 5) is 19.1. The predicted octanol–water partition coefficient (Wildman–Crippen LogP) is -1.38. The maximum absolute atomic E-state index is 9.55. The number of hydrogen-bond acceptors (Lipinski definition) is 4. The third-order valence-corrected chi connectivity index (χ3v) is 0.368. The van der Waals surface area contributed by atoms with E-state index in [-0.39, 0.29) is 0 Å². The van der Waals surface area contributed by atoms with Gasteiger partial charge in [0, 0.05) is 12.2 Å². The summed E-state index contributed by atoms with van der Waals surface area (Å²) in [5.74, 6) is -2.51. The second-order valence-electron chi connectivity index (χ2n) is 1.84. The van der Waals surface area contributed by atoms with E-state index in [2.05, 4.69) is 5.14 Å². The Morgan fingerprint density at radius 1 is 1.15 bits per heavy atom. The number of rotatable bonds is 2. The van der Waals surface area contributed by atoms with Crippen molar-refractivity contribution >= 4 is 22.0 Å². The molecule has 0 fully saturated rings. The van der Waals surface area contributed by atoms with Gasteiger partial charge in [-0.05, 0) is 0 Å². The van der Waals surface area contributed by atoms with Gasteiger partial charge in [0.2, 0.25) is 10.0 Å². The molecular weight excluding hydrogens is 202 g/mol. The lowest BCUT2D eigenvalue weighted by molar-refractivity contribution is -0.134. The molecule has 0 aromatic carbocycles. The van der Waals surface area contributed by atoms with Gasteiger partial charge in [-0.1, -0.05) is 0 Å². The number of sulfonamides is 1. The largest absolute Gasteiger partial charge is 0.478 e. The molecule has 0 spiro atoms. The van der Waals surface area contributed by atoms with Gasteiger partial charge in [-0.15, -0.1) is 0 Å². The highest BCUT2D eigenvalue weighted by Crippen LogP contribution is 1.70. The van der Waals surface area contributed by atoms with Crippen LogP contribution in [0.15, 0.2) is 12.2 Å². The number of carbonyl (C=O) groups is 2. The molecule has 0 atom stereocenters. The molecule has 4 N–H and O–H groups in total. The second-order valence-corrected chi connectivity index (χ2v) is 3.50. The molecule has 0 aliphatic carbocycles. The smallest absolute Gasteiger partial charge is 0.328 e. The Labute approximate surface area is 74.5 Å². The Morgan fingerprint density at radius 2 is 1.31 bits per heavy atom. The summed E-state index contributed by atoms with van der Waals surface area (Å²) in [6, 6.07) is 0. The first-order valence-electron chi connectivity index (χ1n) is 2.74. The first kappa shape index (κ1) is 14.1. The van der Waals surface area contributed by atoms with Gasteiger partial charge in [-0.25, -0.2) is 23.1 Å². The number of primary sulfonamides is 1. The van der Waals surface area contributed by atoms with Gasteiger partial charge in [0.1, 0.15) is 0 Å². The molecule has 0 saturated carbocycles. The quantitative estimate of drug-likeness (QED) is 0.481. The number of nitrogens with two attached hydrogens (primary N) is 1. The highest BCUT2D eigenvalue weighted by atomic mass is 32.2. The lowest BCUT2D eigenvalue weighted by Gasteiger charge is -1.74. The fourth-order valence-electron chi connectivity index (χ4n) is 0.143. The Kier molecular flexibility index (Phi) is 6.68. The fourth-order valence-corrected chi connectivity index (χ4v) is 0.143. The van der Waals surface area contributed by atoms with Crippen molar-refractivity contribution in [3.05, 3.63) is 12.2 Å². The molecular formula is C5H9NO6S. The number of carboxylic acids is 2. The minimum Gasteiger partial charge on any atom is -0.478 e. The first-order valence-corrected chi connectivity index (χ1v) is 4.70. The summed E-state index contributed by atoms with van der Waals surface area (Å²) in [6.07, 6.45) is 2.05. The maximum Gasteiger partial charge on any atom is 0.328 e. The molecule has 76 valence electrons. The fraction of sp³-hybridized carbons (Fsp3) is 0.200. The van der Waals surface area contributed by atoms with Gasteiger partial charge in [0.15, 0.2) is 0 Å². The zero-order valence-corrected chi connectivity index (χ0v) is 7.48. The minimum atomic E-state index is -3.17. The summed E-state index contributed by atoms with van der Waals surface area (Å²) in [5.41, 5.74) is 0. The van der Waals surface area contributed by atoms with Gasteiger partial charge in [-0.2, -0.15) is 0 Å². The van der Waals surface area contributed by atoms with E-state index in [1.165, 1.54) is 0 Å². The van der Waals surface area contributed by atoms with Gasteiger partial charge in [0.05, 0.1) is 6.26 Å².